The van der Waals surface area contributed by atoms with Crippen molar-refractivity contribution in [1.82, 2.24) is 0 Å². The van der Waals surface area contributed by atoms with E-state index in [4.69, 9.17) is 10.5 Å². The highest BCUT2D eigenvalue weighted by atomic mass is 16.5. The summed E-state index contributed by atoms with van der Waals surface area (Å²) < 4.78 is 5.41. The van der Waals surface area contributed by atoms with Crippen LogP contribution >= 0.6 is 0 Å². The Bertz CT molecular complexity index is 139. The Morgan fingerprint density at radius 2 is 2.17 bits per heavy atom. The van der Waals surface area contributed by atoms with Gasteiger partial charge in [-0.1, -0.05) is 6.92 Å². The van der Waals surface area contributed by atoms with Gasteiger partial charge in [-0.25, -0.2) is 0 Å². The fourth-order valence-electron chi connectivity index (χ4n) is 1.76. The van der Waals surface area contributed by atoms with Crippen molar-refractivity contribution in [2.75, 3.05) is 13.7 Å². The van der Waals surface area contributed by atoms with Crippen LogP contribution in [0.2, 0.25) is 0 Å². The molecule has 0 heterocycles. The second-order valence-electron chi connectivity index (χ2n) is 4.38. The van der Waals surface area contributed by atoms with E-state index in [2.05, 4.69) is 13.8 Å². The molecule has 0 spiro atoms. The average molecular weight is 171 g/mol. The fourth-order valence-corrected chi connectivity index (χ4v) is 1.76. The second-order valence-corrected chi connectivity index (χ2v) is 4.38. The molecule has 2 atom stereocenters. The molecular formula is C10H21NO. The van der Waals surface area contributed by atoms with Gasteiger partial charge in [-0.3, -0.25) is 0 Å². The molecule has 1 fully saturated rings. The quantitative estimate of drug-likeness (QED) is 0.684. The van der Waals surface area contributed by atoms with Gasteiger partial charge in [0.15, 0.2) is 0 Å². The Balaban J connectivity index is 2.34. The normalized spacial score (nSPS) is 25.0. The number of hydrogen-bond acceptors (Lipinski definition) is 2. The van der Waals surface area contributed by atoms with Gasteiger partial charge < -0.3 is 10.5 Å². The van der Waals surface area contributed by atoms with Crippen molar-refractivity contribution in [2.45, 2.75) is 38.7 Å². The number of ether oxygens (including phenoxy) is 1. The van der Waals surface area contributed by atoms with E-state index in [9.17, 15) is 0 Å². The van der Waals surface area contributed by atoms with Crippen molar-refractivity contribution in [3.8, 4) is 0 Å². The van der Waals surface area contributed by atoms with Crippen LogP contribution < -0.4 is 5.73 Å². The SMILES string of the molecule is COC(C)(CN)CC(C)C1CC1. The van der Waals surface area contributed by atoms with Crippen LogP contribution in [0.1, 0.15) is 33.1 Å². The maximum atomic E-state index is 5.66. The third-order valence-corrected chi connectivity index (χ3v) is 3.11. The number of rotatable bonds is 5. The lowest BCUT2D eigenvalue weighted by Gasteiger charge is -2.29. The van der Waals surface area contributed by atoms with Crippen LogP contribution in [0.3, 0.4) is 0 Å². The largest absolute Gasteiger partial charge is 0.377 e. The minimum absolute atomic E-state index is 0.0952. The lowest BCUT2D eigenvalue weighted by atomic mass is 9.90. The van der Waals surface area contributed by atoms with Crippen LogP contribution in [0.15, 0.2) is 0 Å². The molecule has 2 N–H and O–H groups in total. The molecule has 72 valence electrons. The van der Waals surface area contributed by atoms with Gasteiger partial charge in [0.25, 0.3) is 0 Å². The van der Waals surface area contributed by atoms with Crippen molar-refractivity contribution in [1.29, 1.82) is 0 Å². The first-order valence-electron chi connectivity index (χ1n) is 4.86. The number of nitrogens with two attached hydrogens (primary N) is 1. The molecule has 0 aromatic heterocycles. The number of hydrogen-bond donors (Lipinski definition) is 1. The molecule has 0 radical (unpaired) electrons. The third-order valence-electron chi connectivity index (χ3n) is 3.11. The highest BCUT2D eigenvalue weighted by Crippen LogP contribution is 2.40. The minimum Gasteiger partial charge on any atom is -0.377 e. The first-order valence-corrected chi connectivity index (χ1v) is 4.86. The molecule has 0 saturated heterocycles. The lowest BCUT2D eigenvalue weighted by Crippen LogP contribution is -2.38. The summed E-state index contributed by atoms with van der Waals surface area (Å²) in [4.78, 5) is 0. The van der Waals surface area contributed by atoms with Crippen molar-refractivity contribution >= 4 is 0 Å². The zero-order chi connectivity index (χ0) is 9.19. The molecule has 1 saturated carbocycles. The molecule has 12 heavy (non-hydrogen) atoms. The summed E-state index contributed by atoms with van der Waals surface area (Å²) >= 11 is 0. The first-order chi connectivity index (χ1) is 5.61. The summed E-state index contributed by atoms with van der Waals surface area (Å²) in [5, 5.41) is 0. The monoisotopic (exact) mass is 171 g/mol. The van der Waals surface area contributed by atoms with E-state index in [1.54, 1.807) is 7.11 Å². The van der Waals surface area contributed by atoms with E-state index in [0.717, 1.165) is 18.3 Å². The zero-order valence-electron chi connectivity index (χ0n) is 8.47. The summed E-state index contributed by atoms with van der Waals surface area (Å²) in [6, 6.07) is 0. The molecule has 1 aliphatic carbocycles. The zero-order valence-corrected chi connectivity index (χ0v) is 8.47. The van der Waals surface area contributed by atoms with Crippen LogP contribution in [0.25, 0.3) is 0 Å². The van der Waals surface area contributed by atoms with Crippen LogP contribution in [-0.2, 0) is 4.74 Å². The smallest absolute Gasteiger partial charge is 0.0775 e. The van der Waals surface area contributed by atoms with Gasteiger partial charge in [0.2, 0.25) is 0 Å². The molecule has 0 aromatic carbocycles. The molecule has 2 nitrogen and oxygen atoms in total. The van der Waals surface area contributed by atoms with Crippen molar-refractivity contribution in [3.05, 3.63) is 0 Å². The van der Waals surface area contributed by atoms with Gasteiger partial charge >= 0.3 is 0 Å². The van der Waals surface area contributed by atoms with Crippen molar-refractivity contribution in [3.63, 3.8) is 0 Å². The van der Waals surface area contributed by atoms with Gasteiger partial charge in [0, 0.05) is 13.7 Å². The van der Waals surface area contributed by atoms with Gasteiger partial charge in [0.1, 0.15) is 0 Å². The van der Waals surface area contributed by atoms with Gasteiger partial charge in [-0.2, -0.15) is 0 Å². The van der Waals surface area contributed by atoms with Gasteiger partial charge in [-0.05, 0) is 38.0 Å². The maximum Gasteiger partial charge on any atom is 0.0775 e. The van der Waals surface area contributed by atoms with E-state index in [1.165, 1.54) is 12.8 Å². The predicted molar refractivity (Wildman–Crippen MR) is 51.0 cm³/mol. The molecule has 1 rings (SSSR count). The summed E-state index contributed by atoms with van der Waals surface area (Å²) in [5.41, 5.74) is 5.57. The molecule has 0 aliphatic heterocycles. The highest BCUT2D eigenvalue weighted by Gasteiger charge is 2.33. The first kappa shape index (κ1) is 10.0. The summed E-state index contributed by atoms with van der Waals surface area (Å²) in [7, 11) is 1.76. The predicted octanol–water partition coefficient (Wildman–Crippen LogP) is 1.79. The molecule has 0 bridgehead atoms. The minimum atomic E-state index is -0.0952. The van der Waals surface area contributed by atoms with Crippen LogP contribution in [-0.4, -0.2) is 19.3 Å². The van der Waals surface area contributed by atoms with Gasteiger partial charge in [0.05, 0.1) is 5.60 Å². The third kappa shape index (κ3) is 2.46. The van der Waals surface area contributed by atoms with Crippen LogP contribution in [0.4, 0.5) is 0 Å². The summed E-state index contributed by atoms with van der Waals surface area (Å²) in [6.45, 7) is 5.04. The van der Waals surface area contributed by atoms with Crippen LogP contribution in [0, 0.1) is 11.8 Å². The molecule has 2 unspecified atom stereocenters. The maximum absolute atomic E-state index is 5.66. The van der Waals surface area contributed by atoms with Crippen molar-refractivity contribution < 1.29 is 4.74 Å². The van der Waals surface area contributed by atoms with E-state index in [0.29, 0.717) is 6.54 Å². The Kier molecular flexibility index (Phi) is 3.13. The molecular weight excluding hydrogens is 150 g/mol. The van der Waals surface area contributed by atoms with E-state index < -0.39 is 0 Å². The second kappa shape index (κ2) is 3.75. The molecule has 0 amide bonds. The van der Waals surface area contributed by atoms with Gasteiger partial charge in [-0.15, -0.1) is 0 Å². The molecule has 0 aromatic rings. The van der Waals surface area contributed by atoms with Crippen molar-refractivity contribution in [2.24, 2.45) is 17.6 Å². The summed E-state index contributed by atoms with van der Waals surface area (Å²) in [6.07, 6.45) is 3.92. The van der Waals surface area contributed by atoms with E-state index >= 15 is 0 Å². The van der Waals surface area contributed by atoms with E-state index in [-0.39, 0.29) is 5.60 Å². The molecule has 1 aliphatic rings. The Morgan fingerprint density at radius 1 is 1.58 bits per heavy atom. The number of methoxy groups -OCH3 is 1. The Morgan fingerprint density at radius 3 is 2.50 bits per heavy atom. The summed E-state index contributed by atoms with van der Waals surface area (Å²) in [5.74, 6) is 1.73. The Hall–Kier alpha value is -0.0800. The van der Waals surface area contributed by atoms with Crippen LogP contribution in [0.5, 0.6) is 0 Å². The van der Waals surface area contributed by atoms with E-state index in [1.807, 2.05) is 0 Å². The fraction of sp³-hybridized carbons (Fsp3) is 1.00. The lowest BCUT2D eigenvalue weighted by molar-refractivity contribution is -0.00678. The average Bonchev–Trinajstić information content (AvgIpc) is 2.86. The topological polar surface area (TPSA) is 35.2 Å². The standard InChI is InChI=1S/C10H21NO/c1-8(9-4-5-9)6-10(2,7-11)12-3/h8-9H,4-7,11H2,1-3H3. The Labute approximate surface area is 75.5 Å². The molecule has 2 heteroatoms. The highest BCUT2D eigenvalue weighted by molar-refractivity contribution is 4.85.